The molecule has 0 spiro atoms. The van der Waals surface area contributed by atoms with Gasteiger partial charge >= 0.3 is 6.01 Å². The summed E-state index contributed by atoms with van der Waals surface area (Å²) >= 11 is 5.84. The summed E-state index contributed by atoms with van der Waals surface area (Å²) in [5.74, 6) is 0.376. The number of nitrogens with one attached hydrogen (secondary N) is 1. The minimum Gasteiger partial charge on any atom is -0.461 e. The Morgan fingerprint density at radius 3 is 2.70 bits per heavy atom. The number of halogens is 1. The van der Waals surface area contributed by atoms with Crippen LogP contribution in [0, 0.1) is 6.92 Å². The molecule has 0 saturated carbocycles. The van der Waals surface area contributed by atoms with Crippen molar-refractivity contribution >= 4 is 17.5 Å². The summed E-state index contributed by atoms with van der Waals surface area (Å²) in [4.78, 5) is 16.3. The normalized spacial score (nSPS) is 10.7. The molecule has 2 rings (SSSR count). The summed E-state index contributed by atoms with van der Waals surface area (Å²) in [5, 5.41) is 3.17. The van der Waals surface area contributed by atoms with Crippen molar-refractivity contribution in [3.8, 4) is 6.01 Å². The Hall–Kier alpha value is -1.95. The molecule has 0 saturated heterocycles. The van der Waals surface area contributed by atoms with E-state index < -0.39 is 0 Å². The Labute approximate surface area is 122 Å². The average molecular weight is 294 g/mol. The standard InChI is InChI=1S/C13H16ClN5O/c1-8(2)20-13-18-11(14)17-12(19-13)16-7-10-5-4-9(3)15-6-10/h4-6,8H,7H2,1-3H3,(H,16,17,18,19). The molecule has 7 heteroatoms. The number of aromatic nitrogens is 4. The fourth-order valence-electron chi connectivity index (χ4n) is 1.46. The van der Waals surface area contributed by atoms with E-state index in [9.17, 15) is 0 Å². The SMILES string of the molecule is Cc1ccc(CNc2nc(Cl)nc(OC(C)C)n2)cn1. The van der Waals surface area contributed by atoms with Crippen LogP contribution in [0.4, 0.5) is 5.95 Å². The van der Waals surface area contributed by atoms with Crippen LogP contribution in [0.2, 0.25) is 5.28 Å². The van der Waals surface area contributed by atoms with Gasteiger partial charge in [-0.3, -0.25) is 4.98 Å². The molecular formula is C13H16ClN5O. The highest BCUT2D eigenvalue weighted by atomic mass is 35.5. The van der Waals surface area contributed by atoms with Gasteiger partial charge in [0.1, 0.15) is 0 Å². The Balaban J connectivity index is 2.05. The summed E-state index contributed by atoms with van der Waals surface area (Å²) < 4.78 is 5.40. The van der Waals surface area contributed by atoms with Crippen LogP contribution in [0.15, 0.2) is 18.3 Å². The van der Waals surface area contributed by atoms with Crippen LogP contribution in [-0.4, -0.2) is 26.0 Å². The molecule has 0 aliphatic rings. The maximum atomic E-state index is 5.84. The lowest BCUT2D eigenvalue weighted by Crippen LogP contribution is -2.11. The zero-order valence-corrected chi connectivity index (χ0v) is 12.3. The molecule has 2 heterocycles. The Kier molecular flexibility index (Phi) is 4.68. The van der Waals surface area contributed by atoms with Gasteiger partial charge in [0.15, 0.2) is 0 Å². The fourth-order valence-corrected chi connectivity index (χ4v) is 1.61. The van der Waals surface area contributed by atoms with Gasteiger partial charge in [-0.05, 0) is 44.0 Å². The Morgan fingerprint density at radius 2 is 2.05 bits per heavy atom. The number of pyridine rings is 1. The average Bonchev–Trinajstić information content (AvgIpc) is 2.36. The van der Waals surface area contributed by atoms with Crippen LogP contribution in [0.25, 0.3) is 0 Å². The highest BCUT2D eigenvalue weighted by Gasteiger charge is 2.07. The van der Waals surface area contributed by atoms with Crippen molar-refractivity contribution < 1.29 is 4.74 Å². The van der Waals surface area contributed by atoms with Crippen molar-refractivity contribution in [1.82, 2.24) is 19.9 Å². The predicted molar refractivity (Wildman–Crippen MR) is 76.9 cm³/mol. The molecule has 0 bridgehead atoms. The molecule has 0 aromatic carbocycles. The Morgan fingerprint density at radius 1 is 1.25 bits per heavy atom. The molecule has 0 amide bonds. The van der Waals surface area contributed by atoms with Crippen molar-refractivity contribution in [2.45, 2.75) is 33.4 Å². The van der Waals surface area contributed by atoms with E-state index in [1.165, 1.54) is 0 Å². The van der Waals surface area contributed by atoms with Crippen molar-refractivity contribution in [3.05, 3.63) is 34.9 Å². The number of nitrogens with zero attached hydrogens (tertiary/aromatic N) is 4. The van der Waals surface area contributed by atoms with E-state index in [2.05, 4.69) is 25.3 Å². The Bertz CT molecular complexity index is 573. The maximum absolute atomic E-state index is 5.84. The molecule has 0 atom stereocenters. The monoisotopic (exact) mass is 293 g/mol. The smallest absolute Gasteiger partial charge is 0.322 e. The number of hydrogen-bond acceptors (Lipinski definition) is 6. The predicted octanol–water partition coefficient (Wildman–Crippen LogP) is 2.63. The molecule has 0 unspecified atom stereocenters. The summed E-state index contributed by atoms with van der Waals surface area (Å²) in [6.07, 6.45) is 1.78. The van der Waals surface area contributed by atoms with E-state index in [0.29, 0.717) is 12.5 Å². The van der Waals surface area contributed by atoms with Gasteiger partial charge in [-0.2, -0.15) is 15.0 Å². The van der Waals surface area contributed by atoms with Crippen molar-refractivity contribution in [1.29, 1.82) is 0 Å². The lowest BCUT2D eigenvalue weighted by atomic mass is 10.2. The van der Waals surface area contributed by atoms with Gasteiger partial charge in [0.25, 0.3) is 0 Å². The summed E-state index contributed by atoms with van der Waals surface area (Å²) in [7, 11) is 0. The first-order valence-corrected chi connectivity index (χ1v) is 6.64. The van der Waals surface area contributed by atoms with E-state index in [1.54, 1.807) is 6.20 Å². The van der Waals surface area contributed by atoms with Crippen LogP contribution >= 0.6 is 11.6 Å². The summed E-state index contributed by atoms with van der Waals surface area (Å²) in [6, 6.07) is 4.15. The summed E-state index contributed by atoms with van der Waals surface area (Å²) in [6.45, 7) is 6.28. The third kappa shape index (κ3) is 4.31. The van der Waals surface area contributed by atoms with Crippen molar-refractivity contribution in [2.75, 3.05) is 5.32 Å². The molecule has 0 fully saturated rings. The highest BCUT2D eigenvalue weighted by molar-refractivity contribution is 6.28. The molecule has 106 valence electrons. The quantitative estimate of drug-likeness (QED) is 0.913. The number of hydrogen-bond donors (Lipinski definition) is 1. The van der Waals surface area contributed by atoms with Crippen LogP contribution in [0.1, 0.15) is 25.1 Å². The van der Waals surface area contributed by atoms with Crippen molar-refractivity contribution in [2.24, 2.45) is 0 Å². The van der Waals surface area contributed by atoms with Gasteiger partial charge in [-0.25, -0.2) is 0 Å². The van der Waals surface area contributed by atoms with Crippen LogP contribution in [0.3, 0.4) is 0 Å². The molecule has 2 aromatic rings. The van der Waals surface area contributed by atoms with Gasteiger partial charge < -0.3 is 10.1 Å². The molecule has 0 aliphatic carbocycles. The largest absolute Gasteiger partial charge is 0.461 e. The van der Waals surface area contributed by atoms with Crippen LogP contribution in [0.5, 0.6) is 6.01 Å². The topological polar surface area (TPSA) is 72.8 Å². The van der Waals surface area contributed by atoms with Gasteiger partial charge in [0.05, 0.1) is 6.10 Å². The van der Waals surface area contributed by atoms with E-state index in [1.807, 2.05) is 32.9 Å². The minimum atomic E-state index is -0.0254. The molecule has 0 radical (unpaired) electrons. The number of ether oxygens (including phenoxy) is 1. The van der Waals surface area contributed by atoms with E-state index in [0.717, 1.165) is 11.3 Å². The second-order valence-corrected chi connectivity index (χ2v) is 4.88. The van der Waals surface area contributed by atoms with Crippen LogP contribution in [-0.2, 0) is 6.54 Å². The molecule has 0 aliphatic heterocycles. The van der Waals surface area contributed by atoms with E-state index in [4.69, 9.17) is 16.3 Å². The number of anilines is 1. The van der Waals surface area contributed by atoms with Gasteiger partial charge in [0.2, 0.25) is 11.2 Å². The zero-order chi connectivity index (χ0) is 14.5. The summed E-state index contributed by atoms with van der Waals surface area (Å²) in [5.41, 5.74) is 2.00. The van der Waals surface area contributed by atoms with Gasteiger partial charge in [0, 0.05) is 18.4 Å². The second kappa shape index (κ2) is 6.47. The lowest BCUT2D eigenvalue weighted by molar-refractivity contribution is 0.222. The first kappa shape index (κ1) is 14.5. The fraction of sp³-hybridized carbons (Fsp3) is 0.385. The van der Waals surface area contributed by atoms with E-state index in [-0.39, 0.29) is 17.4 Å². The third-order valence-electron chi connectivity index (χ3n) is 2.35. The molecule has 20 heavy (non-hydrogen) atoms. The molecule has 2 aromatic heterocycles. The van der Waals surface area contributed by atoms with E-state index >= 15 is 0 Å². The number of rotatable bonds is 5. The molecule has 6 nitrogen and oxygen atoms in total. The first-order valence-electron chi connectivity index (χ1n) is 6.26. The van der Waals surface area contributed by atoms with Gasteiger partial charge in [-0.1, -0.05) is 6.07 Å². The highest BCUT2D eigenvalue weighted by Crippen LogP contribution is 2.13. The van der Waals surface area contributed by atoms with Crippen molar-refractivity contribution in [3.63, 3.8) is 0 Å². The maximum Gasteiger partial charge on any atom is 0.322 e. The minimum absolute atomic E-state index is 0.0254. The van der Waals surface area contributed by atoms with Gasteiger partial charge in [-0.15, -0.1) is 0 Å². The second-order valence-electron chi connectivity index (χ2n) is 4.54. The zero-order valence-electron chi connectivity index (χ0n) is 11.6. The first-order chi connectivity index (χ1) is 9.52. The molecule has 1 N–H and O–H groups in total. The number of aryl methyl sites for hydroxylation is 1. The lowest BCUT2D eigenvalue weighted by Gasteiger charge is -2.09. The third-order valence-corrected chi connectivity index (χ3v) is 2.52. The van der Waals surface area contributed by atoms with Crippen LogP contribution < -0.4 is 10.1 Å². The molecular weight excluding hydrogens is 278 g/mol.